The van der Waals surface area contributed by atoms with Crippen molar-refractivity contribution in [3.05, 3.63) is 105 Å². The number of hydrogen-bond acceptors (Lipinski definition) is 1. The quantitative estimate of drug-likeness (QED) is 0.230. The third kappa shape index (κ3) is 6.53. The third-order valence-corrected chi connectivity index (χ3v) is 7.17. The van der Waals surface area contributed by atoms with E-state index in [0.29, 0.717) is 42.1 Å². The Bertz CT molecular complexity index is 1360. The highest BCUT2D eigenvalue weighted by Gasteiger charge is 2.28. The first kappa shape index (κ1) is 26.8. The Hall–Kier alpha value is -3.30. The molecule has 1 aliphatic heterocycles. The van der Waals surface area contributed by atoms with E-state index < -0.39 is 23.3 Å². The zero-order valence-corrected chi connectivity index (χ0v) is 21.1. The number of hydrogen-bond donors (Lipinski definition) is 0. The molecule has 2 nitrogen and oxygen atoms in total. The normalized spacial score (nSPS) is 15.8. The van der Waals surface area contributed by atoms with Gasteiger partial charge in [-0.05, 0) is 104 Å². The molecule has 7 heteroatoms. The molecule has 1 fully saturated rings. The molecule has 4 rings (SSSR count). The summed E-state index contributed by atoms with van der Waals surface area (Å²) in [7, 11) is 0. The van der Waals surface area contributed by atoms with Crippen molar-refractivity contribution in [3.63, 3.8) is 0 Å². The van der Waals surface area contributed by atoms with E-state index >= 15 is 0 Å². The minimum absolute atomic E-state index is 0.115. The molecule has 1 aliphatic rings. The second-order valence-corrected chi connectivity index (χ2v) is 9.77. The highest BCUT2D eigenvalue weighted by Crippen LogP contribution is 2.33. The first-order valence-electron chi connectivity index (χ1n) is 12.2. The average molecular weight is 528 g/mol. The summed E-state index contributed by atoms with van der Waals surface area (Å²) in [6, 6.07) is 12.2. The average Bonchev–Trinajstić information content (AvgIpc) is 3.35. The Kier molecular flexibility index (Phi) is 8.56. The highest BCUT2D eigenvalue weighted by molar-refractivity contribution is 6.31. The second kappa shape index (κ2) is 11.8. The van der Waals surface area contributed by atoms with E-state index in [1.165, 1.54) is 12.1 Å². The van der Waals surface area contributed by atoms with Crippen molar-refractivity contribution in [2.75, 3.05) is 13.1 Å². The SMILES string of the molecule is CC#Cc1ccc(C(CC[C@H]2CCN(C(=O)c3ccc(F)c(F)c3)C2)Cc2cc(F)ccc2F)cc1Cl. The number of rotatable bonds is 7. The monoisotopic (exact) mass is 527 g/mol. The first-order chi connectivity index (χ1) is 17.7. The molecule has 0 radical (unpaired) electrons. The molecule has 1 saturated heterocycles. The summed E-state index contributed by atoms with van der Waals surface area (Å²) in [5.74, 6) is 2.49. The van der Waals surface area contributed by atoms with Gasteiger partial charge in [0, 0.05) is 24.2 Å². The molecule has 0 spiro atoms. The summed E-state index contributed by atoms with van der Waals surface area (Å²) in [4.78, 5) is 14.4. The van der Waals surface area contributed by atoms with E-state index in [9.17, 15) is 22.4 Å². The van der Waals surface area contributed by atoms with Crippen LogP contribution in [0.1, 0.15) is 59.2 Å². The van der Waals surface area contributed by atoms with Gasteiger partial charge in [0.2, 0.25) is 0 Å². The fourth-order valence-electron chi connectivity index (χ4n) is 4.87. The molecule has 1 unspecified atom stereocenters. The number of carbonyl (C=O) groups is 1. The summed E-state index contributed by atoms with van der Waals surface area (Å²) in [5, 5.41) is 0.501. The summed E-state index contributed by atoms with van der Waals surface area (Å²) in [6.07, 6.45) is 2.48. The lowest BCUT2D eigenvalue weighted by Crippen LogP contribution is -2.28. The molecule has 1 amide bonds. The highest BCUT2D eigenvalue weighted by atomic mass is 35.5. The summed E-state index contributed by atoms with van der Waals surface area (Å²) >= 11 is 6.44. The predicted octanol–water partition coefficient (Wildman–Crippen LogP) is 7.54. The zero-order valence-electron chi connectivity index (χ0n) is 20.3. The molecule has 0 aromatic heterocycles. The largest absolute Gasteiger partial charge is 0.338 e. The topological polar surface area (TPSA) is 20.3 Å². The number of halogens is 5. The molecule has 3 aromatic rings. The fourth-order valence-corrected chi connectivity index (χ4v) is 5.11. The van der Waals surface area contributed by atoms with E-state index in [2.05, 4.69) is 11.8 Å². The number of amides is 1. The molecule has 1 heterocycles. The molecule has 0 bridgehead atoms. The van der Waals surface area contributed by atoms with Gasteiger partial charge in [-0.25, -0.2) is 17.6 Å². The minimum Gasteiger partial charge on any atom is -0.338 e. The predicted molar refractivity (Wildman–Crippen MR) is 136 cm³/mol. The first-order valence-corrected chi connectivity index (χ1v) is 12.5. The lowest BCUT2D eigenvalue weighted by molar-refractivity contribution is 0.0785. The smallest absolute Gasteiger partial charge is 0.253 e. The van der Waals surface area contributed by atoms with Crippen molar-refractivity contribution in [1.82, 2.24) is 4.90 Å². The molecule has 0 N–H and O–H groups in total. The van der Waals surface area contributed by atoms with Gasteiger partial charge in [-0.2, -0.15) is 0 Å². The Labute approximate surface area is 219 Å². The molecule has 37 heavy (non-hydrogen) atoms. The number of benzene rings is 3. The molecule has 192 valence electrons. The lowest BCUT2D eigenvalue weighted by atomic mass is 9.85. The van der Waals surface area contributed by atoms with Gasteiger partial charge in [-0.15, -0.1) is 5.92 Å². The van der Waals surface area contributed by atoms with E-state index in [4.69, 9.17) is 11.6 Å². The van der Waals surface area contributed by atoms with Gasteiger partial charge in [-0.3, -0.25) is 4.79 Å². The lowest BCUT2D eigenvalue weighted by Gasteiger charge is -2.21. The van der Waals surface area contributed by atoms with Gasteiger partial charge in [0.25, 0.3) is 5.91 Å². The van der Waals surface area contributed by atoms with Crippen LogP contribution in [-0.2, 0) is 6.42 Å². The van der Waals surface area contributed by atoms with Crippen molar-refractivity contribution >= 4 is 17.5 Å². The van der Waals surface area contributed by atoms with Gasteiger partial charge < -0.3 is 4.90 Å². The summed E-state index contributed by atoms with van der Waals surface area (Å²) in [5.41, 5.74) is 2.01. The van der Waals surface area contributed by atoms with Crippen LogP contribution in [0.4, 0.5) is 17.6 Å². The van der Waals surface area contributed by atoms with E-state index in [1.54, 1.807) is 11.8 Å². The van der Waals surface area contributed by atoms with Crippen molar-refractivity contribution in [2.45, 2.75) is 38.5 Å². The van der Waals surface area contributed by atoms with Crippen LogP contribution in [0.5, 0.6) is 0 Å². The van der Waals surface area contributed by atoms with Gasteiger partial charge in [-0.1, -0.05) is 23.6 Å². The molecule has 0 saturated carbocycles. The standard InChI is InChI=1S/C30H26ClF4NO/c1-2-3-20-6-7-22(16-26(20)31)21(14-24-15-25(32)9-11-27(24)33)5-4-19-12-13-36(18-19)30(37)23-8-10-28(34)29(35)17-23/h6-11,15-17,19,21H,4-5,12-14,18H2,1H3/t19-,21?/m0/s1. The molecule has 2 atom stereocenters. The maximum Gasteiger partial charge on any atom is 0.253 e. The van der Waals surface area contributed by atoms with Crippen LogP contribution < -0.4 is 0 Å². The number of nitrogens with zero attached hydrogens (tertiary/aromatic N) is 1. The van der Waals surface area contributed by atoms with Crippen LogP contribution in [0.15, 0.2) is 54.6 Å². The maximum absolute atomic E-state index is 14.5. The van der Waals surface area contributed by atoms with Gasteiger partial charge in [0.1, 0.15) is 11.6 Å². The van der Waals surface area contributed by atoms with Gasteiger partial charge in [0.05, 0.1) is 5.02 Å². The van der Waals surface area contributed by atoms with Gasteiger partial charge >= 0.3 is 0 Å². The molecular formula is C30H26ClF4NO. The Morgan fingerprint density at radius 3 is 2.54 bits per heavy atom. The van der Waals surface area contributed by atoms with Crippen molar-refractivity contribution in [1.29, 1.82) is 0 Å². The molecule has 3 aromatic carbocycles. The minimum atomic E-state index is -1.05. The van der Waals surface area contributed by atoms with Gasteiger partial charge in [0.15, 0.2) is 11.6 Å². The third-order valence-electron chi connectivity index (χ3n) is 6.86. The second-order valence-electron chi connectivity index (χ2n) is 9.36. The molecule has 0 aliphatic carbocycles. The van der Waals surface area contributed by atoms with Crippen LogP contribution >= 0.6 is 11.6 Å². The Balaban J connectivity index is 1.48. The molecular weight excluding hydrogens is 502 g/mol. The van der Waals surface area contributed by atoms with E-state index in [-0.39, 0.29) is 23.3 Å². The van der Waals surface area contributed by atoms with Crippen LogP contribution in [0.2, 0.25) is 5.02 Å². The van der Waals surface area contributed by atoms with Crippen molar-refractivity contribution < 1.29 is 22.4 Å². The zero-order chi connectivity index (χ0) is 26.5. The van der Waals surface area contributed by atoms with E-state index in [0.717, 1.165) is 42.7 Å². The van der Waals surface area contributed by atoms with Crippen molar-refractivity contribution in [2.24, 2.45) is 5.92 Å². The summed E-state index contributed by atoms with van der Waals surface area (Å²) < 4.78 is 55.2. The van der Waals surface area contributed by atoms with Crippen LogP contribution in [0.3, 0.4) is 0 Å². The van der Waals surface area contributed by atoms with E-state index in [1.807, 2.05) is 18.2 Å². The van der Waals surface area contributed by atoms with Crippen LogP contribution in [-0.4, -0.2) is 23.9 Å². The maximum atomic E-state index is 14.5. The Morgan fingerprint density at radius 2 is 1.81 bits per heavy atom. The van der Waals surface area contributed by atoms with Crippen LogP contribution in [0.25, 0.3) is 0 Å². The fraction of sp³-hybridized carbons (Fsp3) is 0.300. The Morgan fingerprint density at radius 1 is 1.03 bits per heavy atom. The summed E-state index contributed by atoms with van der Waals surface area (Å²) in [6.45, 7) is 2.73. The number of carbonyl (C=O) groups excluding carboxylic acids is 1. The number of likely N-dealkylation sites (tertiary alicyclic amines) is 1. The van der Waals surface area contributed by atoms with Crippen LogP contribution in [0, 0.1) is 41.0 Å². The van der Waals surface area contributed by atoms with Crippen molar-refractivity contribution in [3.8, 4) is 11.8 Å².